The Labute approximate surface area is 366 Å². The molecule has 0 aliphatic heterocycles. The summed E-state index contributed by atoms with van der Waals surface area (Å²) < 4.78 is 9.65. The number of thiophene rings is 1. The number of unbranched alkanes of at least 4 members (excludes halogenated alkanes) is 1. The van der Waals surface area contributed by atoms with Crippen LogP contribution in [0.25, 0.3) is 39.8 Å². The second kappa shape index (κ2) is 17.5. The molecule has 11 heteroatoms. The Hall–Kier alpha value is -6.69. The summed E-state index contributed by atoms with van der Waals surface area (Å²) in [5.74, 6) is 1.65. The molecule has 1 amide bonds. The number of aryl methyl sites for hydroxylation is 1. The molecule has 0 spiro atoms. The van der Waals surface area contributed by atoms with Crippen LogP contribution in [0.1, 0.15) is 58.4 Å². The van der Waals surface area contributed by atoms with E-state index in [0.29, 0.717) is 30.1 Å². The van der Waals surface area contributed by atoms with Gasteiger partial charge in [-0.1, -0.05) is 141 Å². The van der Waals surface area contributed by atoms with Crippen LogP contribution in [0.5, 0.6) is 0 Å². The van der Waals surface area contributed by atoms with E-state index in [0.717, 1.165) is 84.5 Å². The molecule has 0 radical (unpaired) electrons. The molecule has 0 bridgehead atoms. The molecule has 9 aromatic rings. The number of halogens is 1. The van der Waals surface area contributed by atoms with Crippen molar-refractivity contribution in [2.24, 2.45) is 5.73 Å². The van der Waals surface area contributed by atoms with Crippen LogP contribution >= 0.6 is 27.3 Å². The standard InChI is InChI=1S/C50H42BrN7O2S/c1-2-3-25-45-53-32-39(30-35(48(52)59)31-40-22-15-28-61-40)57(45)33-34-26-27-44-43(29-34)46(51)47(60-44)41-23-13-14-24-42(41)49-54-56-58(55-49)50(36-16-7-4-8-17-36,37-18-9-5-10-19-37)38-20-11-6-12-21-38/h4-24,26-30,32H,2-3,25,31,33H2,1H3,(H2,52,59)/b35-30+. The molecule has 9 rings (SSSR count). The number of nitrogens with two attached hydrogens (primary N) is 1. The number of hydrogen-bond donors (Lipinski definition) is 1. The minimum atomic E-state index is -0.910. The Balaban J connectivity index is 1.10. The Bertz CT molecular complexity index is 2860. The van der Waals surface area contributed by atoms with Gasteiger partial charge in [-0.15, -0.1) is 26.3 Å². The highest BCUT2D eigenvalue weighted by Crippen LogP contribution is 2.43. The second-order valence-electron chi connectivity index (χ2n) is 14.9. The predicted octanol–water partition coefficient (Wildman–Crippen LogP) is 11.1. The number of hydrogen-bond acceptors (Lipinski definition) is 7. The fourth-order valence-corrected chi connectivity index (χ4v) is 9.38. The summed E-state index contributed by atoms with van der Waals surface area (Å²) in [6, 6.07) is 49.2. The maximum atomic E-state index is 12.6. The van der Waals surface area contributed by atoms with Gasteiger partial charge in [0.05, 0.1) is 16.4 Å². The van der Waals surface area contributed by atoms with Crippen molar-refractivity contribution in [1.82, 2.24) is 29.8 Å². The molecule has 61 heavy (non-hydrogen) atoms. The molecule has 0 saturated carbocycles. The number of carbonyl (C=O) groups excluding carboxylic acids is 1. The molecule has 9 nitrogen and oxygen atoms in total. The maximum Gasteiger partial charge on any atom is 0.245 e. The van der Waals surface area contributed by atoms with Gasteiger partial charge in [-0.05, 0) is 79.5 Å². The summed E-state index contributed by atoms with van der Waals surface area (Å²) in [5, 5.41) is 17.7. The number of benzene rings is 5. The van der Waals surface area contributed by atoms with Crippen LogP contribution in [-0.4, -0.2) is 35.7 Å². The van der Waals surface area contributed by atoms with Crippen LogP contribution in [0.4, 0.5) is 0 Å². The highest BCUT2D eigenvalue weighted by atomic mass is 79.9. The van der Waals surface area contributed by atoms with Gasteiger partial charge in [0.15, 0.2) is 5.54 Å². The molecule has 0 atom stereocenters. The van der Waals surface area contributed by atoms with Crippen LogP contribution in [0.3, 0.4) is 0 Å². The fraction of sp³-hybridized carbons (Fsp3) is 0.140. The maximum absolute atomic E-state index is 12.6. The summed E-state index contributed by atoms with van der Waals surface area (Å²) in [4.78, 5) is 20.2. The Kier molecular flexibility index (Phi) is 11.4. The van der Waals surface area contributed by atoms with Gasteiger partial charge < -0.3 is 14.7 Å². The van der Waals surface area contributed by atoms with Crippen molar-refractivity contribution >= 4 is 50.2 Å². The highest BCUT2D eigenvalue weighted by Gasteiger charge is 2.41. The van der Waals surface area contributed by atoms with Gasteiger partial charge in [0.1, 0.15) is 17.2 Å². The minimum Gasteiger partial charge on any atom is -0.455 e. The van der Waals surface area contributed by atoms with Crippen LogP contribution in [0.15, 0.2) is 172 Å². The number of tetrazole rings is 1. The van der Waals surface area contributed by atoms with E-state index in [2.05, 4.69) is 76.0 Å². The van der Waals surface area contributed by atoms with Crippen molar-refractivity contribution in [2.75, 3.05) is 0 Å². The fourth-order valence-electron chi connectivity index (χ4n) is 8.04. The molecular weight excluding hydrogens is 843 g/mol. The van der Waals surface area contributed by atoms with Gasteiger partial charge in [0.2, 0.25) is 11.7 Å². The average Bonchev–Trinajstić information content (AvgIpc) is 4.13. The molecule has 4 aromatic heterocycles. The lowest BCUT2D eigenvalue weighted by molar-refractivity contribution is -0.114. The number of amides is 1. The van der Waals surface area contributed by atoms with Crippen LogP contribution in [-0.2, 0) is 29.7 Å². The lowest BCUT2D eigenvalue weighted by Crippen LogP contribution is -2.39. The third-order valence-corrected chi connectivity index (χ3v) is 12.7. The van der Waals surface area contributed by atoms with Gasteiger partial charge in [0, 0.05) is 46.3 Å². The summed E-state index contributed by atoms with van der Waals surface area (Å²) >= 11 is 5.55. The SMILES string of the molecule is CCCCc1ncc(/C=C(\Cc2cccs2)C(N)=O)n1Cc1ccc2oc(-c3ccccc3-c3nnn(C(c4ccccc4)(c4ccccc4)c4ccccc4)n3)c(Br)c2c1. The van der Waals surface area contributed by atoms with Crippen LogP contribution in [0.2, 0.25) is 0 Å². The zero-order valence-electron chi connectivity index (χ0n) is 33.5. The number of furan rings is 1. The minimum absolute atomic E-state index is 0.437. The van der Waals surface area contributed by atoms with Crippen molar-refractivity contribution in [3.8, 4) is 22.7 Å². The molecule has 0 saturated heterocycles. The molecule has 302 valence electrons. The molecular formula is C50H42BrN7O2S. The molecule has 0 unspecified atom stereocenters. The van der Waals surface area contributed by atoms with Crippen LogP contribution in [0, 0.1) is 0 Å². The average molecular weight is 885 g/mol. The van der Waals surface area contributed by atoms with Gasteiger partial charge in [-0.25, -0.2) is 4.98 Å². The Morgan fingerprint density at radius 2 is 1.49 bits per heavy atom. The van der Waals surface area contributed by atoms with E-state index in [-0.39, 0.29) is 0 Å². The van der Waals surface area contributed by atoms with E-state index in [4.69, 9.17) is 30.5 Å². The van der Waals surface area contributed by atoms with Gasteiger partial charge in [-0.2, -0.15) is 0 Å². The number of rotatable bonds is 15. The van der Waals surface area contributed by atoms with E-state index in [1.165, 1.54) is 0 Å². The predicted molar refractivity (Wildman–Crippen MR) is 246 cm³/mol. The number of nitrogens with zero attached hydrogens (tertiary/aromatic N) is 6. The van der Waals surface area contributed by atoms with Crippen molar-refractivity contribution in [1.29, 1.82) is 0 Å². The van der Waals surface area contributed by atoms with Crippen molar-refractivity contribution < 1.29 is 9.21 Å². The molecule has 4 heterocycles. The number of imidazole rings is 1. The summed E-state index contributed by atoms with van der Waals surface area (Å²) in [6.07, 6.45) is 7.07. The highest BCUT2D eigenvalue weighted by molar-refractivity contribution is 9.10. The van der Waals surface area contributed by atoms with Crippen molar-refractivity contribution in [3.05, 3.63) is 206 Å². The molecule has 2 N–H and O–H groups in total. The third kappa shape index (κ3) is 7.78. The smallest absolute Gasteiger partial charge is 0.245 e. The number of aromatic nitrogens is 6. The normalized spacial score (nSPS) is 12.0. The first-order valence-corrected chi connectivity index (χ1v) is 22.0. The lowest BCUT2D eigenvalue weighted by Gasteiger charge is -2.34. The first-order chi connectivity index (χ1) is 29.9. The topological polar surface area (TPSA) is 118 Å². The Morgan fingerprint density at radius 3 is 2.11 bits per heavy atom. The second-order valence-corrected chi connectivity index (χ2v) is 16.7. The summed E-state index contributed by atoms with van der Waals surface area (Å²) in [6.45, 7) is 2.72. The van der Waals surface area contributed by atoms with Gasteiger partial charge >= 0.3 is 0 Å². The number of primary amides is 1. The largest absolute Gasteiger partial charge is 0.455 e. The lowest BCUT2D eigenvalue weighted by atomic mass is 9.77. The van der Waals surface area contributed by atoms with E-state index >= 15 is 0 Å². The Morgan fingerprint density at radius 1 is 0.836 bits per heavy atom. The van der Waals surface area contributed by atoms with Gasteiger partial charge in [0.25, 0.3) is 0 Å². The quantitative estimate of drug-likeness (QED) is 0.0809. The zero-order chi connectivity index (χ0) is 41.8. The molecule has 0 fully saturated rings. The monoisotopic (exact) mass is 883 g/mol. The summed E-state index contributed by atoms with van der Waals surface area (Å²) in [5.41, 5.74) is 12.8. The third-order valence-electron chi connectivity index (χ3n) is 11.0. The van der Waals surface area contributed by atoms with E-state index < -0.39 is 11.4 Å². The number of fused-ring (bicyclic) bond motifs is 1. The van der Waals surface area contributed by atoms with E-state index in [1.807, 2.05) is 115 Å². The molecule has 5 aromatic carbocycles. The molecule has 0 aliphatic rings. The van der Waals surface area contributed by atoms with E-state index in [1.54, 1.807) is 16.1 Å². The first-order valence-electron chi connectivity index (χ1n) is 20.3. The van der Waals surface area contributed by atoms with Crippen molar-refractivity contribution in [2.45, 2.75) is 44.7 Å². The van der Waals surface area contributed by atoms with E-state index in [9.17, 15) is 4.79 Å². The number of carbonyl (C=O) groups is 1. The zero-order valence-corrected chi connectivity index (χ0v) is 35.9. The van der Waals surface area contributed by atoms with Gasteiger partial charge in [-0.3, -0.25) is 4.79 Å². The first kappa shape index (κ1) is 39.8. The summed E-state index contributed by atoms with van der Waals surface area (Å²) in [7, 11) is 0. The van der Waals surface area contributed by atoms with Crippen LogP contribution < -0.4 is 5.73 Å². The molecule has 0 aliphatic carbocycles. The van der Waals surface area contributed by atoms with Crippen molar-refractivity contribution in [3.63, 3.8) is 0 Å².